The Morgan fingerprint density at radius 3 is 2.47 bits per heavy atom. The molecule has 0 aliphatic rings. The first-order valence-corrected chi connectivity index (χ1v) is 6.72. The van der Waals surface area contributed by atoms with Gasteiger partial charge in [0.25, 0.3) is 10.0 Å². The normalized spacial score (nSPS) is 11.3. The molecule has 0 unspecified atom stereocenters. The number of rotatable bonds is 3. The SMILES string of the molecule is Cc1cc(S(=O)(=O)Nc2cncnc2)cc(N)c1F. The number of hydrogen-bond donors (Lipinski definition) is 2. The van der Waals surface area contributed by atoms with Crippen LogP contribution in [0.25, 0.3) is 0 Å². The topological polar surface area (TPSA) is 98.0 Å². The molecule has 0 saturated heterocycles. The number of aromatic nitrogens is 2. The number of nitrogens with zero attached hydrogens (tertiary/aromatic N) is 2. The summed E-state index contributed by atoms with van der Waals surface area (Å²) in [6.45, 7) is 1.44. The van der Waals surface area contributed by atoms with E-state index >= 15 is 0 Å². The van der Waals surface area contributed by atoms with Gasteiger partial charge in [-0.05, 0) is 24.6 Å². The van der Waals surface area contributed by atoms with Crippen LogP contribution >= 0.6 is 0 Å². The molecule has 0 spiro atoms. The molecule has 1 heterocycles. The molecule has 3 N–H and O–H groups in total. The molecule has 0 fully saturated rings. The highest BCUT2D eigenvalue weighted by Gasteiger charge is 2.17. The van der Waals surface area contributed by atoms with Crippen LogP contribution in [0.3, 0.4) is 0 Å². The molecule has 0 radical (unpaired) electrons. The van der Waals surface area contributed by atoms with Gasteiger partial charge in [0.05, 0.1) is 28.7 Å². The van der Waals surface area contributed by atoms with Crippen molar-refractivity contribution in [2.45, 2.75) is 11.8 Å². The van der Waals surface area contributed by atoms with E-state index < -0.39 is 15.8 Å². The molecule has 100 valence electrons. The van der Waals surface area contributed by atoms with E-state index in [4.69, 9.17) is 5.73 Å². The van der Waals surface area contributed by atoms with Gasteiger partial charge in [-0.1, -0.05) is 0 Å². The lowest BCUT2D eigenvalue weighted by Gasteiger charge is -2.09. The largest absolute Gasteiger partial charge is 0.396 e. The first-order chi connectivity index (χ1) is 8.90. The Morgan fingerprint density at radius 1 is 1.26 bits per heavy atom. The van der Waals surface area contributed by atoms with Crippen molar-refractivity contribution < 1.29 is 12.8 Å². The molecule has 8 heteroatoms. The highest BCUT2D eigenvalue weighted by molar-refractivity contribution is 7.92. The van der Waals surface area contributed by atoms with E-state index in [0.29, 0.717) is 0 Å². The summed E-state index contributed by atoms with van der Waals surface area (Å²) in [5, 5.41) is 0. The number of anilines is 2. The van der Waals surface area contributed by atoms with E-state index in [2.05, 4.69) is 14.7 Å². The first kappa shape index (κ1) is 13.2. The molecule has 0 saturated carbocycles. The summed E-state index contributed by atoms with van der Waals surface area (Å²) >= 11 is 0. The van der Waals surface area contributed by atoms with Crippen molar-refractivity contribution in [2.24, 2.45) is 0 Å². The zero-order chi connectivity index (χ0) is 14.0. The zero-order valence-corrected chi connectivity index (χ0v) is 10.8. The van der Waals surface area contributed by atoms with Gasteiger partial charge in [0, 0.05) is 0 Å². The van der Waals surface area contributed by atoms with Crippen molar-refractivity contribution in [3.8, 4) is 0 Å². The molecule has 2 aromatic rings. The van der Waals surface area contributed by atoms with Crippen molar-refractivity contribution in [1.29, 1.82) is 0 Å². The van der Waals surface area contributed by atoms with Crippen molar-refractivity contribution in [3.05, 3.63) is 42.2 Å². The van der Waals surface area contributed by atoms with Gasteiger partial charge in [-0.15, -0.1) is 0 Å². The molecule has 6 nitrogen and oxygen atoms in total. The van der Waals surface area contributed by atoms with E-state index in [0.717, 1.165) is 6.07 Å². The molecule has 1 aromatic heterocycles. The minimum absolute atomic E-state index is 0.118. The minimum Gasteiger partial charge on any atom is -0.396 e. The lowest BCUT2D eigenvalue weighted by atomic mass is 10.2. The fourth-order valence-electron chi connectivity index (χ4n) is 1.48. The van der Waals surface area contributed by atoms with E-state index in [1.807, 2.05) is 0 Å². The second kappa shape index (κ2) is 4.81. The highest BCUT2D eigenvalue weighted by Crippen LogP contribution is 2.22. The Kier molecular flexibility index (Phi) is 3.34. The summed E-state index contributed by atoms with van der Waals surface area (Å²) < 4.78 is 39.8. The Balaban J connectivity index is 2.40. The van der Waals surface area contributed by atoms with E-state index in [9.17, 15) is 12.8 Å². The number of hydrogen-bond acceptors (Lipinski definition) is 5. The molecule has 0 atom stereocenters. The number of aryl methyl sites for hydroxylation is 1. The number of sulfonamides is 1. The molecule has 19 heavy (non-hydrogen) atoms. The van der Waals surface area contributed by atoms with Crippen molar-refractivity contribution >= 4 is 21.4 Å². The second-order valence-electron chi connectivity index (χ2n) is 3.88. The molecule has 0 aliphatic heterocycles. The van der Waals surface area contributed by atoms with Crippen molar-refractivity contribution in [3.63, 3.8) is 0 Å². The maximum atomic E-state index is 13.4. The van der Waals surface area contributed by atoms with Crippen LogP contribution in [-0.4, -0.2) is 18.4 Å². The van der Waals surface area contributed by atoms with Crippen LogP contribution in [0.4, 0.5) is 15.8 Å². The van der Waals surface area contributed by atoms with Crippen molar-refractivity contribution in [2.75, 3.05) is 10.5 Å². The summed E-state index contributed by atoms with van der Waals surface area (Å²) in [6, 6.07) is 2.27. The average molecular weight is 282 g/mol. The molecular formula is C11H11FN4O2S. The van der Waals surface area contributed by atoms with Gasteiger partial charge >= 0.3 is 0 Å². The summed E-state index contributed by atoms with van der Waals surface area (Å²) in [4.78, 5) is 7.26. The fraction of sp³-hybridized carbons (Fsp3) is 0.0909. The zero-order valence-electron chi connectivity index (χ0n) is 9.96. The first-order valence-electron chi connectivity index (χ1n) is 5.23. The van der Waals surface area contributed by atoms with E-state index in [-0.39, 0.29) is 21.8 Å². The van der Waals surface area contributed by atoms with Crippen LogP contribution in [0.15, 0.2) is 35.7 Å². The minimum atomic E-state index is -3.85. The van der Waals surface area contributed by atoms with Crippen LogP contribution in [-0.2, 0) is 10.0 Å². The Hall–Kier alpha value is -2.22. The van der Waals surface area contributed by atoms with E-state index in [1.54, 1.807) is 0 Å². The van der Waals surface area contributed by atoms with E-state index in [1.165, 1.54) is 31.7 Å². The lowest BCUT2D eigenvalue weighted by molar-refractivity contribution is 0.599. The molecule has 0 bridgehead atoms. The van der Waals surface area contributed by atoms with Gasteiger partial charge in [0.2, 0.25) is 0 Å². The van der Waals surface area contributed by atoms with Crippen LogP contribution in [0.2, 0.25) is 0 Å². The van der Waals surface area contributed by atoms with Gasteiger partial charge in [-0.25, -0.2) is 22.8 Å². The number of benzene rings is 1. The van der Waals surface area contributed by atoms with Gasteiger partial charge in [0.1, 0.15) is 12.1 Å². The summed E-state index contributed by atoms with van der Waals surface area (Å²) in [5.74, 6) is -0.623. The van der Waals surface area contributed by atoms with Crippen molar-refractivity contribution in [1.82, 2.24) is 9.97 Å². The molecule has 2 rings (SSSR count). The van der Waals surface area contributed by atoms with Gasteiger partial charge in [-0.3, -0.25) is 4.72 Å². The Labute approximate surface area is 109 Å². The average Bonchev–Trinajstić information content (AvgIpc) is 2.36. The fourth-order valence-corrected chi connectivity index (χ4v) is 2.63. The Morgan fingerprint density at radius 2 is 1.89 bits per heavy atom. The predicted octanol–water partition coefficient (Wildman–Crippen LogP) is 1.31. The van der Waals surface area contributed by atoms with Crippen LogP contribution in [0.5, 0.6) is 0 Å². The molecule has 1 aromatic carbocycles. The highest BCUT2D eigenvalue weighted by atomic mass is 32.2. The number of nitrogen functional groups attached to an aromatic ring is 1. The third-order valence-corrected chi connectivity index (χ3v) is 3.74. The number of halogens is 1. The van der Waals surface area contributed by atoms with Gasteiger partial charge in [0.15, 0.2) is 0 Å². The summed E-state index contributed by atoms with van der Waals surface area (Å²) in [5.41, 5.74) is 5.57. The molecular weight excluding hydrogens is 271 g/mol. The monoisotopic (exact) mass is 282 g/mol. The standard InChI is InChI=1S/C11H11FN4O2S/c1-7-2-9(3-10(13)11(7)12)19(17,18)16-8-4-14-6-15-5-8/h2-6,16H,13H2,1H3. The maximum absolute atomic E-state index is 13.4. The third-order valence-electron chi connectivity index (χ3n) is 2.38. The third kappa shape index (κ3) is 2.79. The lowest BCUT2D eigenvalue weighted by Crippen LogP contribution is -2.14. The quantitative estimate of drug-likeness (QED) is 0.827. The number of nitrogens with two attached hydrogens (primary N) is 1. The number of nitrogens with one attached hydrogen (secondary N) is 1. The predicted molar refractivity (Wildman–Crippen MR) is 68.4 cm³/mol. The smallest absolute Gasteiger partial charge is 0.262 e. The molecule has 0 aliphatic carbocycles. The van der Waals surface area contributed by atoms with Gasteiger partial charge in [-0.2, -0.15) is 0 Å². The maximum Gasteiger partial charge on any atom is 0.262 e. The molecule has 0 amide bonds. The summed E-state index contributed by atoms with van der Waals surface area (Å²) in [7, 11) is -3.85. The summed E-state index contributed by atoms with van der Waals surface area (Å²) in [6.07, 6.45) is 3.90. The van der Waals surface area contributed by atoms with Crippen LogP contribution in [0, 0.1) is 12.7 Å². The van der Waals surface area contributed by atoms with Gasteiger partial charge < -0.3 is 5.73 Å². The van der Waals surface area contributed by atoms with Crippen LogP contribution < -0.4 is 10.5 Å². The Bertz CT molecular complexity index is 681. The van der Waals surface area contributed by atoms with Crippen LogP contribution in [0.1, 0.15) is 5.56 Å². The second-order valence-corrected chi connectivity index (χ2v) is 5.56.